The number of amides is 3. The first-order chi connectivity index (χ1) is 12.9. The Balaban J connectivity index is 1.63. The molecule has 2 aromatic carbocycles. The zero-order chi connectivity index (χ0) is 19.6. The van der Waals surface area contributed by atoms with Crippen molar-refractivity contribution >= 4 is 58.2 Å². The topological polar surface area (TPSA) is 78.5 Å². The monoisotopic (exact) mass is 425 g/mol. The number of hydrogen-bond donors (Lipinski definition) is 2. The van der Waals surface area contributed by atoms with Crippen LogP contribution in [0.25, 0.3) is 0 Å². The molecule has 1 atom stereocenters. The normalized spacial score (nSPS) is 16.3. The minimum atomic E-state index is -0.640. The molecule has 1 saturated heterocycles. The molecule has 2 aromatic rings. The molecule has 3 amide bonds. The van der Waals surface area contributed by atoms with Gasteiger partial charge in [0.25, 0.3) is 5.91 Å². The number of carbonyl (C=O) groups excluding carboxylic acids is 3. The van der Waals surface area contributed by atoms with Crippen molar-refractivity contribution in [3.05, 3.63) is 63.1 Å². The molecule has 0 aromatic heterocycles. The second-order valence-corrected chi connectivity index (χ2v) is 7.09. The predicted molar refractivity (Wildman–Crippen MR) is 104 cm³/mol. The maximum absolute atomic E-state index is 12.3. The van der Waals surface area contributed by atoms with Gasteiger partial charge in [0, 0.05) is 13.0 Å². The van der Waals surface area contributed by atoms with Crippen molar-refractivity contribution in [3.63, 3.8) is 0 Å². The summed E-state index contributed by atoms with van der Waals surface area (Å²) in [4.78, 5) is 38.1. The Morgan fingerprint density at radius 2 is 1.67 bits per heavy atom. The smallest absolute Gasteiger partial charge is 0.271 e. The van der Waals surface area contributed by atoms with Crippen LogP contribution < -0.4 is 15.8 Å². The predicted octanol–water partition coefficient (Wildman–Crippen LogP) is 3.46. The van der Waals surface area contributed by atoms with Gasteiger partial charge < -0.3 is 4.90 Å². The van der Waals surface area contributed by atoms with E-state index >= 15 is 0 Å². The number of anilines is 1. The summed E-state index contributed by atoms with van der Waals surface area (Å²) in [6.45, 7) is 0.132. The SMILES string of the molecule is O=C(NNC(=O)[C@@H]1CC(=O)N(c2cccc(Cl)c2Cl)C1)c1ccccc1Cl. The summed E-state index contributed by atoms with van der Waals surface area (Å²) < 4.78 is 0. The first kappa shape index (κ1) is 19.5. The van der Waals surface area contributed by atoms with E-state index in [9.17, 15) is 14.4 Å². The summed E-state index contributed by atoms with van der Waals surface area (Å²) in [6, 6.07) is 11.4. The highest BCUT2D eigenvalue weighted by Crippen LogP contribution is 2.35. The minimum Gasteiger partial charge on any atom is -0.310 e. The minimum absolute atomic E-state index is 0.00333. The molecule has 0 saturated carbocycles. The average Bonchev–Trinajstić information content (AvgIpc) is 3.04. The maximum atomic E-state index is 12.3. The van der Waals surface area contributed by atoms with Crippen LogP contribution in [0.5, 0.6) is 0 Å². The molecule has 0 spiro atoms. The van der Waals surface area contributed by atoms with Crippen LogP contribution in [0.4, 0.5) is 5.69 Å². The van der Waals surface area contributed by atoms with Crippen LogP contribution in [0.15, 0.2) is 42.5 Å². The van der Waals surface area contributed by atoms with Gasteiger partial charge in [0.05, 0.1) is 32.2 Å². The summed E-state index contributed by atoms with van der Waals surface area (Å²) in [5.74, 6) is -1.92. The number of carbonyl (C=O) groups is 3. The van der Waals surface area contributed by atoms with Crippen molar-refractivity contribution in [2.45, 2.75) is 6.42 Å². The molecule has 0 aliphatic carbocycles. The lowest BCUT2D eigenvalue weighted by molar-refractivity contribution is -0.126. The second-order valence-electron chi connectivity index (χ2n) is 5.90. The van der Waals surface area contributed by atoms with Crippen molar-refractivity contribution in [3.8, 4) is 0 Å². The van der Waals surface area contributed by atoms with E-state index in [-0.39, 0.29) is 34.5 Å². The number of nitrogens with zero attached hydrogens (tertiary/aromatic N) is 1. The standard InChI is InChI=1S/C18H14Cl3N3O3/c19-12-5-2-1-4-11(12)18(27)23-22-17(26)10-8-15(25)24(9-10)14-7-3-6-13(20)16(14)21/h1-7,10H,8-9H2,(H,22,26)(H,23,27)/t10-/m1/s1. The van der Waals surface area contributed by atoms with Gasteiger partial charge in [-0.25, -0.2) is 0 Å². The molecule has 140 valence electrons. The Labute approximate surface area is 170 Å². The number of hydrogen-bond acceptors (Lipinski definition) is 3. The molecule has 0 radical (unpaired) electrons. The molecular weight excluding hydrogens is 413 g/mol. The largest absolute Gasteiger partial charge is 0.310 e. The van der Waals surface area contributed by atoms with Gasteiger partial charge in [-0.2, -0.15) is 0 Å². The Morgan fingerprint density at radius 1 is 0.963 bits per heavy atom. The third-order valence-corrected chi connectivity index (χ3v) is 5.27. The van der Waals surface area contributed by atoms with E-state index in [1.165, 1.54) is 11.0 Å². The first-order valence-electron chi connectivity index (χ1n) is 7.97. The molecule has 1 fully saturated rings. The molecule has 1 heterocycles. The average molecular weight is 427 g/mol. The van der Waals surface area contributed by atoms with Crippen LogP contribution in [0, 0.1) is 5.92 Å². The molecule has 1 aliphatic rings. The lowest BCUT2D eigenvalue weighted by atomic mass is 10.1. The fraction of sp³-hybridized carbons (Fsp3) is 0.167. The van der Waals surface area contributed by atoms with Gasteiger partial charge in [-0.1, -0.05) is 53.0 Å². The van der Waals surface area contributed by atoms with Crippen LogP contribution in [-0.2, 0) is 9.59 Å². The highest BCUT2D eigenvalue weighted by atomic mass is 35.5. The van der Waals surface area contributed by atoms with E-state index in [0.29, 0.717) is 10.7 Å². The highest BCUT2D eigenvalue weighted by Gasteiger charge is 2.36. The Kier molecular flexibility index (Phi) is 5.89. The summed E-state index contributed by atoms with van der Waals surface area (Å²) in [6.07, 6.45) is -0.00333. The lowest BCUT2D eigenvalue weighted by Crippen LogP contribution is -2.45. The Morgan fingerprint density at radius 3 is 2.41 bits per heavy atom. The van der Waals surface area contributed by atoms with E-state index in [2.05, 4.69) is 10.9 Å². The molecule has 3 rings (SSSR count). The van der Waals surface area contributed by atoms with Gasteiger partial charge in [0.2, 0.25) is 11.8 Å². The number of benzene rings is 2. The second kappa shape index (κ2) is 8.17. The number of halogens is 3. The van der Waals surface area contributed by atoms with E-state index in [1.54, 1.807) is 36.4 Å². The van der Waals surface area contributed by atoms with Crippen LogP contribution in [0.3, 0.4) is 0 Å². The molecule has 1 aliphatic heterocycles. The van der Waals surface area contributed by atoms with Crippen molar-refractivity contribution in [1.82, 2.24) is 10.9 Å². The van der Waals surface area contributed by atoms with Gasteiger partial charge in [0.15, 0.2) is 0 Å². The van der Waals surface area contributed by atoms with E-state index in [1.807, 2.05) is 0 Å². The van der Waals surface area contributed by atoms with Gasteiger partial charge in [0.1, 0.15) is 0 Å². The molecule has 0 bridgehead atoms. The lowest BCUT2D eigenvalue weighted by Gasteiger charge is -2.18. The van der Waals surface area contributed by atoms with Gasteiger partial charge in [-0.15, -0.1) is 0 Å². The third-order valence-electron chi connectivity index (χ3n) is 4.14. The van der Waals surface area contributed by atoms with Crippen LogP contribution >= 0.6 is 34.8 Å². The number of nitrogens with one attached hydrogen (secondary N) is 2. The fourth-order valence-corrected chi connectivity index (χ4v) is 3.37. The Bertz CT molecular complexity index is 920. The summed E-state index contributed by atoms with van der Waals surface area (Å²) in [5.41, 5.74) is 5.32. The zero-order valence-electron chi connectivity index (χ0n) is 13.8. The fourth-order valence-electron chi connectivity index (χ4n) is 2.75. The van der Waals surface area contributed by atoms with Crippen molar-refractivity contribution in [2.75, 3.05) is 11.4 Å². The molecular formula is C18H14Cl3N3O3. The first-order valence-corrected chi connectivity index (χ1v) is 9.11. The summed E-state index contributed by atoms with van der Waals surface area (Å²) in [7, 11) is 0. The van der Waals surface area contributed by atoms with Crippen LogP contribution in [0.2, 0.25) is 15.1 Å². The molecule has 0 unspecified atom stereocenters. The Hall–Kier alpha value is -2.28. The van der Waals surface area contributed by atoms with Crippen LogP contribution in [-0.4, -0.2) is 24.3 Å². The van der Waals surface area contributed by atoms with Gasteiger partial charge in [-0.05, 0) is 24.3 Å². The highest BCUT2D eigenvalue weighted by molar-refractivity contribution is 6.44. The van der Waals surface area contributed by atoms with Crippen molar-refractivity contribution < 1.29 is 14.4 Å². The van der Waals surface area contributed by atoms with E-state index in [4.69, 9.17) is 34.8 Å². The van der Waals surface area contributed by atoms with Gasteiger partial charge >= 0.3 is 0 Å². The number of hydrazine groups is 1. The van der Waals surface area contributed by atoms with E-state index < -0.39 is 17.7 Å². The van der Waals surface area contributed by atoms with E-state index in [0.717, 1.165) is 0 Å². The van der Waals surface area contributed by atoms with Crippen molar-refractivity contribution in [2.24, 2.45) is 5.92 Å². The quantitative estimate of drug-likeness (QED) is 0.738. The van der Waals surface area contributed by atoms with Crippen LogP contribution in [0.1, 0.15) is 16.8 Å². The van der Waals surface area contributed by atoms with Crippen molar-refractivity contribution in [1.29, 1.82) is 0 Å². The molecule has 27 heavy (non-hydrogen) atoms. The third kappa shape index (κ3) is 4.18. The summed E-state index contributed by atoms with van der Waals surface area (Å²) in [5, 5.41) is 0.838. The maximum Gasteiger partial charge on any atom is 0.271 e. The zero-order valence-corrected chi connectivity index (χ0v) is 16.1. The molecule has 9 heteroatoms. The summed E-state index contributed by atoms with van der Waals surface area (Å²) >= 11 is 18.1. The number of rotatable bonds is 3. The molecule has 2 N–H and O–H groups in total. The molecule has 6 nitrogen and oxygen atoms in total. The van der Waals surface area contributed by atoms with Gasteiger partial charge in [-0.3, -0.25) is 25.2 Å².